The normalized spacial score (nSPS) is 36.3. The Bertz CT molecular complexity index is 272. The van der Waals surface area contributed by atoms with Crippen molar-refractivity contribution in [2.24, 2.45) is 5.92 Å². The quantitative estimate of drug-likeness (QED) is 0.779. The van der Waals surface area contributed by atoms with E-state index in [-0.39, 0.29) is 5.60 Å². The average molecular weight is 283 g/mol. The molecule has 3 rings (SSSR count). The van der Waals surface area contributed by atoms with Crippen LogP contribution in [-0.4, -0.2) is 36.3 Å². The number of rotatable bonds is 5. The van der Waals surface area contributed by atoms with Crippen LogP contribution in [0.4, 0.5) is 0 Å². The molecular formula is C16H29NOS. The van der Waals surface area contributed by atoms with Gasteiger partial charge in [-0.25, -0.2) is 0 Å². The van der Waals surface area contributed by atoms with Gasteiger partial charge in [0, 0.05) is 18.4 Å². The van der Waals surface area contributed by atoms with Crippen molar-refractivity contribution in [2.45, 2.75) is 69.4 Å². The van der Waals surface area contributed by atoms with Crippen molar-refractivity contribution >= 4 is 11.8 Å². The maximum Gasteiger partial charge on any atom is 0.0795 e. The molecule has 2 saturated heterocycles. The van der Waals surface area contributed by atoms with Gasteiger partial charge in [0.05, 0.1) is 5.60 Å². The fourth-order valence-corrected chi connectivity index (χ4v) is 5.44. The Balaban J connectivity index is 1.33. The van der Waals surface area contributed by atoms with Crippen LogP contribution >= 0.6 is 11.8 Å². The molecule has 0 amide bonds. The van der Waals surface area contributed by atoms with Gasteiger partial charge in [0.15, 0.2) is 0 Å². The van der Waals surface area contributed by atoms with Gasteiger partial charge in [-0.1, -0.05) is 25.7 Å². The first kappa shape index (κ1) is 14.2. The summed E-state index contributed by atoms with van der Waals surface area (Å²) in [6.07, 6.45) is 12.5. The Kier molecular flexibility index (Phi) is 5.10. The molecule has 110 valence electrons. The number of nitrogens with one attached hydrogen (secondary N) is 1. The summed E-state index contributed by atoms with van der Waals surface area (Å²) in [6, 6.07) is 0.719. The van der Waals surface area contributed by atoms with Crippen molar-refractivity contribution in [3.05, 3.63) is 0 Å². The third-order valence-corrected chi connectivity index (χ3v) is 6.48. The monoisotopic (exact) mass is 283 g/mol. The van der Waals surface area contributed by atoms with Gasteiger partial charge in [-0.2, -0.15) is 11.8 Å². The van der Waals surface area contributed by atoms with Crippen LogP contribution in [0.15, 0.2) is 0 Å². The molecule has 1 saturated carbocycles. The molecule has 0 bridgehead atoms. The molecule has 2 unspecified atom stereocenters. The highest BCUT2D eigenvalue weighted by atomic mass is 32.2. The second-order valence-corrected chi connectivity index (χ2v) is 7.88. The molecule has 19 heavy (non-hydrogen) atoms. The number of thioether (sulfide) groups is 1. The summed E-state index contributed by atoms with van der Waals surface area (Å²) in [5, 5.41) is 3.81. The van der Waals surface area contributed by atoms with Crippen LogP contribution in [0.3, 0.4) is 0 Å². The summed E-state index contributed by atoms with van der Waals surface area (Å²) in [4.78, 5) is 0. The first-order valence-electron chi connectivity index (χ1n) is 8.31. The summed E-state index contributed by atoms with van der Waals surface area (Å²) in [6.45, 7) is 2.20. The van der Waals surface area contributed by atoms with Crippen LogP contribution < -0.4 is 5.32 Å². The zero-order valence-electron chi connectivity index (χ0n) is 12.2. The van der Waals surface area contributed by atoms with Crippen LogP contribution in [0, 0.1) is 5.92 Å². The Morgan fingerprint density at radius 3 is 2.89 bits per heavy atom. The fourth-order valence-electron chi connectivity index (χ4n) is 4.06. The maximum absolute atomic E-state index is 6.08. The minimum absolute atomic E-state index is 0.242. The molecule has 1 spiro atoms. The fraction of sp³-hybridized carbons (Fsp3) is 1.00. The molecule has 3 fully saturated rings. The highest BCUT2D eigenvalue weighted by Crippen LogP contribution is 2.38. The third-order valence-electron chi connectivity index (χ3n) is 5.26. The van der Waals surface area contributed by atoms with Crippen LogP contribution in [0.25, 0.3) is 0 Å². The molecule has 1 N–H and O–H groups in total. The summed E-state index contributed by atoms with van der Waals surface area (Å²) >= 11 is 2.07. The van der Waals surface area contributed by atoms with Gasteiger partial charge in [-0.05, 0) is 50.3 Å². The molecule has 0 aromatic carbocycles. The third kappa shape index (κ3) is 3.89. The molecule has 0 aromatic rings. The molecule has 3 aliphatic rings. The molecule has 0 radical (unpaired) electrons. The minimum atomic E-state index is 0.242. The number of ether oxygens (including phenoxy) is 1. The predicted molar refractivity (Wildman–Crippen MR) is 82.8 cm³/mol. The highest BCUT2D eigenvalue weighted by Gasteiger charge is 2.40. The maximum atomic E-state index is 6.08. The topological polar surface area (TPSA) is 21.3 Å². The zero-order chi connectivity index (χ0) is 13.0. The van der Waals surface area contributed by atoms with Gasteiger partial charge < -0.3 is 10.1 Å². The van der Waals surface area contributed by atoms with E-state index in [4.69, 9.17) is 4.74 Å². The van der Waals surface area contributed by atoms with Crippen LogP contribution in [-0.2, 0) is 4.74 Å². The lowest BCUT2D eigenvalue weighted by atomic mass is 9.90. The molecule has 2 heterocycles. The second kappa shape index (κ2) is 6.82. The minimum Gasteiger partial charge on any atom is -0.374 e. The van der Waals surface area contributed by atoms with E-state index in [0.717, 1.165) is 18.6 Å². The van der Waals surface area contributed by atoms with Gasteiger partial charge in [-0.15, -0.1) is 0 Å². The Morgan fingerprint density at radius 1 is 1.21 bits per heavy atom. The van der Waals surface area contributed by atoms with Gasteiger partial charge in [0.25, 0.3) is 0 Å². The van der Waals surface area contributed by atoms with Crippen LogP contribution in [0.2, 0.25) is 0 Å². The van der Waals surface area contributed by atoms with Gasteiger partial charge >= 0.3 is 0 Å². The second-order valence-electron chi connectivity index (χ2n) is 6.77. The predicted octanol–water partition coefficient (Wildman–Crippen LogP) is 3.60. The molecule has 2 aliphatic heterocycles. The van der Waals surface area contributed by atoms with Crippen molar-refractivity contribution < 1.29 is 4.74 Å². The Morgan fingerprint density at radius 2 is 2.11 bits per heavy atom. The van der Waals surface area contributed by atoms with Gasteiger partial charge in [-0.3, -0.25) is 0 Å². The van der Waals surface area contributed by atoms with Crippen molar-refractivity contribution in [3.63, 3.8) is 0 Å². The average Bonchev–Trinajstić information content (AvgIpc) is 3.07. The van der Waals surface area contributed by atoms with E-state index in [0.29, 0.717) is 0 Å². The van der Waals surface area contributed by atoms with E-state index in [1.807, 2.05) is 0 Å². The van der Waals surface area contributed by atoms with Gasteiger partial charge in [0.2, 0.25) is 0 Å². The number of hydrogen-bond acceptors (Lipinski definition) is 3. The SMILES string of the molecule is C1CCC(CCCNC2CCOC3(CCSC3)C2)C1. The number of hydrogen-bond donors (Lipinski definition) is 1. The molecule has 1 aliphatic carbocycles. The summed E-state index contributed by atoms with van der Waals surface area (Å²) in [5.41, 5.74) is 0.242. The van der Waals surface area contributed by atoms with E-state index in [2.05, 4.69) is 17.1 Å². The largest absolute Gasteiger partial charge is 0.374 e. The van der Waals surface area contributed by atoms with Crippen LogP contribution in [0.1, 0.15) is 57.8 Å². The van der Waals surface area contributed by atoms with E-state index in [9.17, 15) is 0 Å². The zero-order valence-corrected chi connectivity index (χ0v) is 13.0. The first-order chi connectivity index (χ1) is 9.36. The van der Waals surface area contributed by atoms with Crippen molar-refractivity contribution in [2.75, 3.05) is 24.7 Å². The smallest absolute Gasteiger partial charge is 0.0795 e. The van der Waals surface area contributed by atoms with Crippen molar-refractivity contribution in [1.29, 1.82) is 0 Å². The first-order valence-corrected chi connectivity index (χ1v) is 9.47. The van der Waals surface area contributed by atoms with Crippen molar-refractivity contribution in [3.8, 4) is 0 Å². The van der Waals surface area contributed by atoms with E-state index < -0.39 is 0 Å². The van der Waals surface area contributed by atoms with Gasteiger partial charge in [0.1, 0.15) is 0 Å². The van der Waals surface area contributed by atoms with E-state index in [1.165, 1.54) is 75.8 Å². The van der Waals surface area contributed by atoms with Crippen LogP contribution in [0.5, 0.6) is 0 Å². The summed E-state index contributed by atoms with van der Waals surface area (Å²) in [7, 11) is 0. The lowest BCUT2D eigenvalue weighted by Gasteiger charge is -2.38. The van der Waals surface area contributed by atoms with E-state index >= 15 is 0 Å². The standard InChI is InChI=1S/C16H29NOS/c1-2-5-14(4-1)6-3-9-17-15-7-10-18-16(12-15)8-11-19-13-16/h14-15,17H,1-13H2. The summed E-state index contributed by atoms with van der Waals surface area (Å²) < 4.78 is 6.08. The van der Waals surface area contributed by atoms with E-state index in [1.54, 1.807) is 0 Å². The molecule has 3 heteroatoms. The summed E-state index contributed by atoms with van der Waals surface area (Å²) in [5.74, 6) is 3.58. The lowest BCUT2D eigenvalue weighted by molar-refractivity contribution is -0.0700. The highest BCUT2D eigenvalue weighted by molar-refractivity contribution is 7.99. The Hall–Kier alpha value is 0.270. The lowest BCUT2D eigenvalue weighted by Crippen LogP contribution is -2.47. The molecular weight excluding hydrogens is 254 g/mol. The molecule has 2 atom stereocenters. The Labute approximate surface area is 122 Å². The van der Waals surface area contributed by atoms with Crippen molar-refractivity contribution in [1.82, 2.24) is 5.32 Å². The molecule has 0 aromatic heterocycles. The molecule has 2 nitrogen and oxygen atoms in total.